The highest BCUT2D eigenvalue weighted by atomic mass is 127. The number of carbonyl (C=O) groups excluding carboxylic acids is 2. The van der Waals surface area contributed by atoms with Crippen molar-refractivity contribution in [3.63, 3.8) is 0 Å². The molecule has 1 aromatic carbocycles. The largest absolute Gasteiger partial charge is 0.370 e. The molecule has 0 saturated carbocycles. The summed E-state index contributed by atoms with van der Waals surface area (Å²) in [7, 11) is 0. The predicted octanol–water partition coefficient (Wildman–Crippen LogP) is 2.70. The highest BCUT2D eigenvalue weighted by Gasteiger charge is 2.45. The van der Waals surface area contributed by atoms with Crippen molar-refractivity contribution in [1.82, 2.24) is 10.2 Å². The Hall–Kier alpha value is -1.84. The SMILES string of the molecule is CCc1cccc(NC(N)=NCCCN2C(=O)NC(C)(CC)C2=O)c1.I. The van der Waals surface area contributed by atoms with Crippen LogP contribution in [0.15, 0.2) is 29.3 Å². The molecule has 8 heteroatoms. The van der Waals surface area contributed by atoms with Crippen molar-refractivity contribution in [1.29, 1.82) is 0 Å². The number of amides is 3. The molecule has 1 fully saturated rings. The Kier molecular flexibility index (Phi) is 8.32. The van der Waals surface area contributed by atoms with Crippen molar-refractivity contribution in [2.75, 3.05) is 18.4 Å². The maximum Gasteiger partial charge on any atom is 0.325 e. The lowest BCUT2D eigenvalue weighted by atomic mass is 9.99. The smallest absolute Gasteiger partial charge is 0.325 e. The van der Waals surface area contributed by atoms with Crippen LogP contribution in [0.3, 0.4) is 0 Å². The Morgan fingerprint density at radius 1 is 1.35 bits per heavy atom. The van der Waals surface area contributed by atoms with Crippen LogP contribution in [0.5, 0.6) is 0 Å². The molecular weight excluding hydrogens is 445 g/mol. The van der Waals surface area contributed by atoms with Gasteiger partial charge >= 0.3 is 6.03 Å². The fourth-order valence-electron chi connectivity index (χ4n) is 2.67. The number of hydrogen-bond donors (Lipinski definition) is 3. The highest BCUT2D eigenvalue weighted by Crippen LogP contribution is 2.20. The van der Waals surface area contributed by atoms with Gasteiger partial charge in [0.05, 0.1) is 0 Å². The zero-order chi connectivity index (χ0) is 18.4. The number of rotatable bonds is 7. The summed E-state index contributed by atoms with van der Waals surface area (Å²) in [6.07, 6.45) is 2.09. The van der Waals surface area contributed by atoms with E-state index in [1.165, 1.54) is 10.5 Å². The summed E-state index contributed by atoms with van der Waals surface area (Å²) in [5, 5.41) is 5.79. The van der Waals surface area contributed by atoms with Crippen LogP contribution in [-0.4, -0.2) is 41.4 Å². The number of nitrogens with two attached hydrogens (primary N) is 1. The Balaban J connectivity index is 0.00000338. The predicted molar refractivity (Wildman–Crippen MR) is 115 cm³/mol. The second-order valence-electron chi connectivity index (χ2n) is 6.37. The zero-order valence-corrected chi connectivity index (χ0v) is 17.9. The molecule has 1 heterocycles. The lowest BCUT2D eigenvalue weighted by molar-refractivity contribution is -0.130. The number of nitrogens with one attached hydrogen (secondary N) is 2. The monoisotopic (exact) mass is 473 g/mol. The highest BCUT2D eigenvalue weighted by molar-refractivity contribution is 14.0. The van der Waals surface area contributed by atoms with Crippen LogP contribution >= 0.6 is 24.0 Å². The van der Waals surface area contributed by atoms with Crippen LogP contribution in [0.2, 0.25) is 0 Å². The van der Waals surface area contributed by atoms with E-state index in [4.69, 9.17) is 5.73 Å². The van der Waals surface area contributed by atoms with Gasteiger partial charge in [0.2, 0.25) is 0 Å². The molecule has 3 amide bonds. The quantitative estimate of drug-likeness (QED) is 0.186. The molecule has 1 unspecified atom stereocenters. The number of guanidine groups is 1. The molecule has 0 aromatic heterocycles. The second kappa shape index (κ2) is 9.75. The lowest BCUT2D eigenvalue weighted by Crippen LogP contribution is -2.43. The maximum atomic E-state index is 12.3. The molecule has 2 rings (SSSR count). The van der Waals surface area contributed by atoms with Crippen molar-refractivity contribution in [2.24, 2.45) is 10.7 Å². The first-order valence-corrected chi connectivity index (χ1v) is 8.69. The average Bonchev–Trinajstić information content (AvgIpc) is 2.82. The molecule has 1 aliphatic heterocycles. The van der Waals surface area contributed by atoms with Crippen molar-refractivity contribution in [2.45, 2.75) is 45.6 Å². The van der Waals surface area contributed by atoms with Crippen LogP contribution in [0, 0.1) is 0 Å². The number of halogens is 1. The van der Waals surface area contributed by atoms with E-state index in [1.807, 2.05) is 25.1 Å². The molecule has 4 N–H and O–H groups in total. The van der Waals surface area contributed by atoms with E-state index in [9.17, 15) is 9.59 Å². The molecule has 1 aliphatic rings. The maximum absolute atomic E-state index is 12.3. The fraction of sp³-hybridized carbons (Fsp3) is 0.500. The third-order valence-electron chi connectivity index (χ3n) is 4.48. The lowest BCUT2D eigenvalue weighted by Gasteiger charge is -2.19. The normalized spacial score (nSPS) is 20.0. The van der Waals surface area contributed by atoms with Gasteiger partial charge in [-0.1, -0.05) is 26.0 Å². The number of nitrogens with zero attached hydrogens (tertiary/aromatic N) is 2. The van der Waals surface area contributed by atoms with Crippen LogP contribution in [0.25, 0.3) is 0 Å². The zero-order valence-electron chi connectivity index (χ0n) is 15.5. The van der Waals surface area contributed by atoms with Gasteiger partial charge in [0.25, 0.3) is 5.91 Å². The molecule has 7 nitrogen and oxygen atoms in total. The van der Waals surface area contributed by atoms with Crippen molar-refractivity contribution in [3.05, 3.63) is 29.8 Å². The number of aliphatic imine (C=N–C) groups is 1. The van der Waals surface area contributed by atoms with Crippen LogP contribution in [0.1, 0.15) is 39.2 Å². The third-order valence-corrected chi connectivity index (χ3v) is 4.48. The van der Waals surface area contributed by atoms with Gasteiger partial charge in [-0.15, -0.1) is 24.0 Å². The summed E-state index contributed by atoms with van der Waals surface area (Å²) in [4.78, 5) is 29.7. The summed E-state index contributed by atoms with van der Waals surface area (Å²) in [5.41, 5.74) is 7.22. The van der Waals surface area contributed by atoms with E-state index >= 15 is 0 Å². The summed E-state index contributed by atoms with van der Waals surface area (Å²) in [6, 6.07) is 7.65. The van der Waals surface area contributed by atoms with Gasteiger partial charge in [-0.25, -0.2) is 4.79 Å². The van der Waals surface area contributed by atoms with E-state index in [-0.39, 0.29) is 35.9 Å². The molecule has 1 aromatic rings. The van der Waals surface area contributed by atoms with Gasteiger partial charge in [0, 0.05) is 18.8 Å². The van der Waals surface area contributed by atoms with Gasteiger partial charge in [-0.2, -0.15) is 0 Å². The number of urea groups is 1. The van der Waals surface area contributed by atoms with Gasteiger partial charge in [-0.3, -0.25) is 14.7 Å². The van der Waals surface area contributed by atoms with Gasteiger partial charge in [0.15, 0.2) is 5.96 Å². The number of anilines is 1. The van der Waals surface area contributed by atoms with Crippen molar-refractivity contribution >= 4 is 47.6 Å². The second-order valence-corrected chi connectivity index (χ2v) is 6.37. The molecule has 0 aliphatic carbocycles. The molecule has 0 spiro atoms. The van der Waals surface area contributed by atoms with E-state index in [1.54, 1.807) is 6.92 Å². The van der Waals surface area contributed by atoms with E-state index in [0.29, 0.717) is 31.9 Å². The van der Waals surface area contributed by atoms with E-state index < -0.39 is 5.54 Å². The molecule has 144 valence electrons. The molecular formula is C18H28IN5O2. The van der Waals surface area contributed by atoms with Gasteiger partial charge in [-0.05, 0) is 43.9 Å². The van der Waals surface area contributed by atoms with Crippen LogP contribution < -0.4 is 16.4 Å². The minimum absolute atomic E-state index is 0. The number of aryl methyl sites for hydroxylation is 1. The van der Waals surface area contributed by atoms with Crippen LogP contribution in [0.4, 0.5) is 10.5 Å². The number of benzene rings is 1. The van der Waals surface area contributed by atoms with Gasteiger partial charge < -0.3 is 16.4 Å². The Morgan fingerprint density at radius 3 is 2.69 bits per heavy atom. The van der Waals surface area contributed by atoms with E-state index in [2.05, 4.69) is 28.6 Å². The standard InChI is InChI=1S/C18H27N5O2.HI/c1-4-13-8-6-9-14(12-13)21-16(19)20-10-7-11-23-15(24)18(3,5-2)22-17(23)25;/h6,8-9,12H,4-5,7,10-11H2,1-3H3,(H,22,25)(H3,19,20,21);1H. The molecule has 1 atom stereocenters. The fourth-order valence-corrected chi connectivity index (χ4v) is 2.67. The Labute approximate surface area is 171 Å². The molecule has 1 saturated heterocycles. The molecule has 26 heavy (non-hydrogen) atoms. The minimum atomic E-state index is -0.786. The number of hydrogen-bond acceptors (Lipinski definition) is 3. The third kappa shape index (κ3) is 5.33. The molecule has 0 radical (unpaired) electrons. The van der Waals surface area contributed by atoms with Crippen molar-refractivity contribution in [3.8, 4) is 0 Å². The first-order chi connectivity index (χ1) is 11.9. The summed E-state index contributed by atoms with van der Waals surface area (Å²) in [6.45, 7) is 6.49. The molecule has 0 bridgehead atoms. The Bertz CT molecular complexity index is 679. The summed E-state index contributed by atoms with van der Waals surface area (Å²) < 4.78 is 0. The average molecular weight is 473 g/mol. The number of carbonyl (C=O) groups is 2. The minimum Gasteiger partial charge on any atom is -0.370 e. The Morgan fingerprint density at radius 2 is 2.08 bits per heavy atom. The van der Waals surface area contributed by atoms with E-state index in [0.717, 1.165) is 12.1 Å². The van der Waals surface area contributed by atoms with Crippen molar-refractivity contribution < 1.29 is 9.59 Å². The summed E-state index contributed by atoms with van der Waals surface area (Å²) >= 11 is 0. The first kappa shape index (κ1) is 22.2. The van der Waals surface area contributed by atoms with Gasteiger partial charge in [0.1, 0.15) is 5.54 Å². The van der Waals surface area contributed by atoms with Crippen LogP contribution in [-0.2, 0) is 11.2 Å². The topological polar surface area (TPSA) is 99.8 Å². The number of imide groups is 1. The summed E-state index contributed by atoms with van der Waals surface area (Å²) in [5.74, 6) is 0.148. The first-order valence-electron chi connectivity index (χ1n) is 8.69.